The zero-order valence-corrected chi connectivity index (χ0v) is 7.28. The minimum atomic E-state index is 0. The summed E-state index contributed by atoms with van der Waals surface area (Å²) in [5.41, 5.74) is 0. The van der Waals surface area contributed by atoms with E-state index in [1.54, 1.807) is 0 Å². The second kappa shape index (κ2) is 3.92. The molecule has 1 aliphatic heterocycles. The molecular weight excluding hydrogens is 133 g/mol. The Morgan fingerprint density at radius 2 is 2.00 bits per heavy atom. The van der Waals surface area contributed by atoms with Crippen molar-refractivity contribution in [1.82, 2.24) is 5.01 Å². The second-order valence-corrected chi connectivity index (χ2v) is 1.64. The van der Waals surface area contributed by atoms with E-state index in [2.05, 4.69) is 5.28 Å². The predicted molar refractivity (Wildman–Crippen MR) is 25.6 cm³/mol. The van der Waals surface area contributed by atoms with E-state index in [1.165, 1.54) is 5.01 Å². The Hall–Kier alpha value is 0.0000000000000000555. The van der Waals surface area contributed by atoms with E-state index in [1.807, 2.05) is 0 Å². The van der Waals surface area contributed by atoms with Crippen molar-refractivity contribution in [3.05, 3.63) is 10.4 Å². The smallest absolute Gasteiger partial charge is 0.737 e. The van der Waals surface area contributed by atoms with Crippen LogP contribution >= 0.6 is 0 Å². The van der Waals surface area contributed by atoms with Crippen molar-refractivity contribution in [1.29, 1.82) is 0 Å². The van der Waals surface area contributed by atoms with Gasteiger partial charge in [0.2, 0.25) is 0 Å². The number of nitrogens with zero attached hydrogens (tertiary/aromatic N) is 3. The quantitative estimate of drug-likeness (QED) is 0.169. The van der Waals surface area contributed by atoms with Crippen LogP contribution in [0.4, 0.5) is 0 Å². The third-order valence-electron chi connectivity index (χ3n) is 1.14. The second-order valence-electron chi connectivity index (χ2n) is 1.64. The van der Waals surface area contributed by atoms with Crippen LogP contribution in [0.2, 0.25) is 0 Å². The van der Waals surface area contributed by atoms with Crippen molar-refractivity contribution >= 4 is 0 Å². The Morgan fingerprint density at radius 3 is 2.11 bits per heavy atom. The summed E-state index contributed by atoms with van der Waals surface area (Å²) < 4.78 is 0. The summed E-state index contributed by atoms with van der Waals surface area (Å²) in [4.78, 5) is 0.0868. The van der Waals surface area contributed by atoms with Crippen LogP contribution in [0.1, 0.15) is 6.42 Å². The van der Waals surface area contributed by atoms with Crippen molar-refractivity contribution in [2.45, 2.75) is 6.42 Å². The maximum Gasteiger partial charge on any atom is 1.00 e. The van der Waals surface area contributed by atoms with Crippen molar-refractivity contribution < 1.29 is 34.5 Å². The summed E-state index contributed by atoms with van der Waals surface area (Å²) >= 11 is 0. The molecule has 0 spiro atoms. The molecule has 0 aromatic carbocycles. The van der Waals surface area contributed by atoms with Gasteiger partial charge in [0.1, 0.15) is 0 Å². The van der Waals surface area contributed by atoms with Gasteiger partial charge in [0.15, 0.2) is 0 Å². The Kier molecular flexibility index (Phi) is 3.92. The molecule has 0 unspecified atom stereocenters. The van der Waals surface area contributed by atoms with Gasteiger partial charge in [0.25, 0.3) is 0 Å². The SMILES string of the molecule is [Na+].[O-]N=[N+]([O-])N1CCC1. The standard InChI is InChI=1S/C3H7N3O2.Na/c7-4-6(8)5-2-1-3-5;/h7H,1-3H2;/q;+1/p-1. The van der Waals surface area contributed by atoms with Gasteiger partial charge in [-0.05, 0) is 11.7 Å². The van der Waals surface area contributed by atoms with Crippen LogP contribution in [-0.2, 0) is 0 Å². The number of hydrazine groups is 1. The first-order valence-corrected chi connectivity index (χ1v) is 2.40. The molecule has 1 saturated heterocycles. The molecule has 1 heterocycles. The van der Waals surface area contributed by atoms with Gasteiger partial charge in [-0.15, -0.1) is 5.01 Å². The van der Waals surface area contributed by atoms with E-state index in [9.17, 15) is 10.4 Å². The molecule has 1 fully saturated rings. The van der Waals surface area contributed by atoms with E-state index in [-0.39, 0.29) is 34.5 Å². The van der Waals surface area contributed by atoms with E-state index in [4.69, 9.17) is 0 Å². The largest absolute Gasteiger partial charge is 1.00 e. The van der Waals surface area contributed by atoms with Gasteiger partial charge in [-0.2, -0.15) is 0 Å². The molecule has 0 radical (unpaired) electrons. The summed E-state index contributed by atoms with van der Waals surface area (Å²) in [5, 5.41) is 23.1. The van der Waals surface area contributed by atoms with Crippen molar-refractivity contribution in [2.24, 2.45) is 5.28 Å². The number of rotatable bonds is 1. The summed E-state index contributed by atoms with van der Waals surface area (Å²) in [6.07, 6.45) is 0.980. The van der Waals surface area contributed by atoms with Crippen LogP contribution in [0, 0.1) is 10.4 Å². The molecule has 5 nitrogen and oxygen atoms in total. The van der Waals surface area contributed by atoms with E-state index < -0.39 is 0 Å². The first-order valence-electron chi connectivity index (χ1n) is 2.40. The molecule has 0 N–H and O–H groups in total. The maximum absolute atomic E-state index is 10.2. The first kappa shape index (κ1) is 9.00. The molecule has 0 atom stereocenters. The van der Waals surface area contributed by atoms with Crippen LogP contribution in [0.5, 0.6) is 0 Å². The molecule has 0 aromatic rings. The van der Waals surface area contributed by atoms with Gasteiger partial charge in [-0.3, -0.25) is 0 Å². The fraction of sp³-hybridized carbons (Fsp3) is 1.00. The summed E-state index contributed by atoms with van der Waals surface area (Å²) in [7, 11) is 0. The summed E-state index contributed by atoms with van der Waals surface area (Å²) in [6, 6.07) is 0. The molecule has 0 amide bonds. The average molecular weight is 139 g/mol. The van der Waals surface area contributed by atoms with Gasteiger partial charge in [0, 0.05) is 4.97 Å². The van der Waals surface area contributed by atoms with Gasteiger partial charge >= 0.3 is 29.6 Å². The fourth-order valence-corrected chi connectivity index (χ4v) is 0.522. The van der Waals surface area contributed by atoms with Crippen LogP contribution in [0.15, 0.2) is 5.28 Å². The molecule has 1 aliphatic rings. The normalized spacial score (nSPS) is 18.2. The van der Waals surface area contributed by atoms with Crippen molar-refractivity contribution in [3.8, 4) is 0 Å². The number of hydrogen-bond donors (Lipinski definition) is 0. The van der Waals surface area contributed by atoms with Crippen LogP contribution in [-0.4, -0.2) is 23.1 Å². The minimum Gasteiger partial charge on any atom is -0.737 e. The third kappa shape index (κ3) is 2.00. The average Bonchev–Trinajstić information content (AvgIpc) is 1.62. The maximum atomic E-state index is 10.2. The fourth-order valence-electron chi connectivity index (χ4n) is 0.522. The van der Waals surface area contributed by atoms with Gasteiger partial charge in [-0.1, -0.05) is 0 Å². The van der Waals surface area contributed by atoms with Gasteiger partial charge in [0.05, 0.1) is 13.1 Å². The zero-order valence-electron chi connectivity index (χ0n) is 5.28. The van der Waals surface area contributed by atoms with E-state index in [0.717, 1.165) is 6.42 Å². The van der Waals surface area contributed by atoms with Gasteiger partial charge < -0.3 is 10.4 Å². The molecule has 6 heteroatoms. The summed E-state index contributed by atoms with van der Waals surface area (Å²) in [6.45, 7) is 1.32. The van der Waals surface area contributed by atoms with Gasteiger partial charge in [-0.25, -0.2) is 0 Å². The molecule has 46 valence electrons. The first-order chi connectivity index (χ1) is 3.84. The Bertz CT molecular complexity index is 114. The monoisotopic (exact) mass is 139 g/mol. The molecule has 0 aliphatic carbocycles. The zero-order chi connectivity index (χ0) is 5.98. The Labute approximate surface area is 74.8 Å². The van der Waals surface area contributed by atoms with E-state index >= 15 is 0 Å². The predicted octanol–water partition coefficient (Wildman–Crippen LogP) is -2.93. The van der Waals surface area contributed by atoms with E-state index in [0.29, 0.717) is 13.1 Å². The van der Waals surface area contributed by atoms with Crippen LogP contribution in [0.3, 0.4) is 0 Å². The molecular formula is C3H6N3NaO2. The molecule has 0 bridgehead atoms. The van der Waals surface area contributed by atoms with Crippen LogP contribution in [0.25, 0.3) is 0 Å². The Balaban J connectivity index is 0.000000640. The Morgan fingerprint density at radius 1 is 1.44 bits per heavy atom. The van der Waals surface area contributed by atoms with Crippen LogP contribution < -0.4 is 29.6 Å². The minimum absolute atomic E-state index is 0. The molecule has 0 aromatic heterocycles. The summed E-state index contributed by atoms with van der Waals surface area (Å²) in [5.74, 6) is 0. The van der Waals surface area contributed by atoms with Crippen molar-refractivity contribution in [3.63, 3.8) is 0 Å². The molecule has 9 heavy (non-hydrogen) atoms. The number of hydrogen-bond acceptors (Lipinski definition) is 3. The topological polar surface area (TPSA) is 64.7 Å². The van der Waals surface area contributed by atoms with Crippen molar-refractivity contribution in [2.75, 3.05) is 13.1 Å². The molecule has 1 rings (SSSR count). The third-order valence-corrected chi connectivity index (χ3v) is 1.14. The molecule has 0 saturated carbocycles.